The van der Waals surface area contributed by atoms with Gasteiger partial charge in [-0.05, 0) is 37.8 Å². The zero-order valence-corrected chi connectivity index (χ0v) is 13.2. The van der Waals surface area contributed by atoms with Crippen molar-refractivity contribution in [1.82, 2.24) is 5.32 Å². The second-order valence-corrected chi connectivity index (χ2v) is 5.75. The van der Waals surface area contributed by atoms with Crippen LogP contribution in [0.25, 0.3) is 0 Å². The lowest BCUT2D eigenvalue weighted by Crippen LogP contribution is -2.34. The molecule has 0 amide bonds. The number of methoxy groups -OCH3 is 2. The lowest BCUT2D eigenvalue weighted by molar-refractivity contribution is 0.191. The molecule has 1 N–H and O–H groups in total. The van der Waals surface area contributed by atoms with Crippen LogP contribution in [0.4, 0.5) is 0 Å². The van der Waals surface area contributed by atoms with Crippen LogP contribution in [-0.2, 0) is 0 Å². The summed E-state index contributed by atoms with van der Waals surface area (Å²) in [6, 6.07) is 6.50. The smallest absolute Gasteiger partial charge is 0.127 e. The molecule has 0 spiro atoms. The summed E-state index contributed by atoms with van der Waals surface area (Å²) in [7, 11) is 5.48. The first-order valence-corrected chi connectivity index (χ1v) is 7.60. The van der Waals surface area contributed by atoms with Crippen molar-refractivity contribution >= 4 is 0 Å². The molecule has 0 aliphatic heterocycles. The highest BCUT2D eigenvalue weighted by Gasteiger charge is 2.40. The van der Waals surface area contributed by atoms with Crippen LogP contribution < -0.4 is 14.8 Å². The molecular formula is C17H27NO2. The molecule has 0 radical (unpaired) electrons. The fourth-order valence-electron chi connectivity index (χ4n) is 3.77. The predicted octanol–water partition coefficient (Wildman–Crippen LogP) is 3.93. The minimum absolute atomic E-state index is 0.343. The van der Waals surface area contributed by atoms with Crippen LogP contribution in [0.1, 0.15) is 50.6 Å². The molecule has 0 bridgehead atoms. The highest BCUT2D eigenvalue weighted by Crippen LogP contribution is 2.51. The Morgan fingerprint density at radius 1 is 1.20 bits per heavy atom. The van der Waals surface area contributed by atoms with Crippen LogP contribution in [0, 0.1) is 5.41 Å². The van der Waals surface area contributed by atoms with Crippen LogP contribution in [0.2, 0.25) is 0 Å². The van der Waals surface area contributed by atoms with Gasteiger partial charge in [-0.25, -0.2) is 0 Å². The van der Waals surface area contributed by atoms with Gasteiger partial charge >= 0.3 is 0 Å². The monoisotopic (exact) mass is 277 g/mol. The van der Waals surface area contributed by atoms with Gasteiger partial charge < -0.3 is 14.8 Å². The summed E-state index contributed by atoms with van der Waals surface area (Å²) in [4.78, 5) is 0. The SMILES string of the molecule is CCC1(C(NC)c2ccc(OC)cc2OC)CCCC1. The highest BCUT2D eigenvalue weighted by atomic mass is 16.5. The summed E-state index contributed by atoms with van der Waals surface area (Å²) in [5, 5.41) is 3.54. The molecule has 1 atom stereocenters. The molecule has 0 heterocycles. The van der Waals surface area contributed by atoms with E-state index in [1.807, 2.05) is 12.1 Å². The predicted molar refractivity (Wildman–Crippen MR) is 82.5 cm³/mol. The van der Waals surface area contributed by atoms with Gasteiger partial charge in [-0.15, -0.1) is 0 Å². The molecule has 1 aliphatic carbocycles. The molecule has 0 aromatic heterocycles. The molecule has 1 aromatic rings. The molecular weight excluding hydrogens is 250 g/mol. The van der Waals surface area contributed by atoms with Crippen molar-refractivity contribution in [3.63, 3.8) is 0 Å². The van der Waals surface area contributed by atoms with E-state index in [1.165, 1.54) is 37.7 Å². The van der Waals surface area contributed by atoms with Gasteiger partial charge in [0, 0.05) is 17.7 Å². The van der Waals surface area contributed by atoms with E-state index in [2.05, 4.69) is 25.4 Å². The molecule has 112 valence electrons. The number of nitrogens with one attached hydrogen (secondary N) is 1. The van der Waals surface area contributed by atoms with Crippen LogP contribution >= 0.6 is 0 Å². The third kappa shape index (κ3) is 2.64. The third-order valence-electron chi connectivity index (χ3n) is 4.96. The Balaban J connectivity index is 2.40. The Bertz CT molecular complexity index is 439. The van der Waals surface area contributed by atoms with Crippen molar-refractivity contribution < 1.29 is 9.47 Å². The quantitative estimate of drug-likeness (QED) is 0.854. The van der Waals surface area contributed by atoms with Gasteiger partial charge in [0.05, 0.1) is 14.2 Å². The van der Waals surface area contributed by atoms with Crippen LogP contribution in [-0.4, -0.2) is 21.3 Å². The van der Waals surface area contributed by atoms with Crippen molar-refractivity contribution in [2.24, 2.45) is 5.41 Å². The van der Waals surface area contributed by atoms with Gasteiger partial charge in [0.25, 0.3) is 0 Å². The van der Waals surface area contributed by atoms with Crippen molar-refractivity contribution in [2.45, 2.75) is 45.1 Å². The Labute approximate surface area is 122 Å². The van der Waals surface area contributed by atoms with Gasteiger partial charge in [0.1, 0.15) is 11.5 Å². The fourth-order valence-corrected chi connectivity index (χ4v) is 3.77. The lowest BCUT2D eigenvalue weighted by Gasteiger charge is -2.37. The summed E-state index contributed by atoms with van der Waals surface area (Å²) in [5.74, 6) is 1.76. The topological polar surface area (TPSA) is 30.5 Å². The zero-order valence-electron chi connectivity index (χ0n) is 13.2. The van der Waals surface area contributed by atoms with Gasteiger partial charge in [0.2, 0.25) is 0 Å². The van der Waals surface area contributed by atoms with Crippen molar-refractivity contribution in [3.05, 3.63) is 23.8 Å². The summed E-state index contributed by atoms with van der Waals surface area (Å²) < 4.78 is 10.9. The average molecular weight is 277 g/mol. The van der Waals surface area contributed by atoms with Gasteiger partial charge in [0.15, 0.2) is 0 Å². The average Bonchev–Trinajstić information content (AvgIpc) is 2.98. The van der Waals surface area contributed by atoms with Gasteiger partial charge in [-0.1, -0.05) is 25.8 Å². The molecule has 1 fully saturated rings. The van der Waals surface area contributed by atoms with E-state index in [1.54, 1.807) is 14.2 Å². The van der Waals surface area contributed by atoms with E-state index in [0.717, 1.165) is 11.5 Å². The Hall–Kier alpha value is -1.22. The van der Waals surface area contributed by atoms with E-state index in [9.17, 15) is 0 Å². The standard InChI is InChI=1S/C17H27NO2/c1-5-17(10-6-7-11-17)16(18-2)14-9-8-13(19-3)12-15(14)20-4/h8-9,12,16,18H,5-7,10-11H2,1-4H3. The summed E-state index contributed by atoms with van der Waals surface area (Å²) in [5.41, 5.74) is 1.61. The van der Waals surface area contributed by atoms with Crippen LogP contribution in [0.5, 0.6) is 11.5 Å². The zero-order chi connectivity index (χ0) is 14.6. The third-order valence-corrected chi connectivity index (χ3v) is 4.96. The first kappa shape index (κ1) is 15.2. The van der Waals surface area contributed by atoms with E-state index in [4.69, 9.17) is 9.47 Å². The Morgan fingerprint density at radius 2 is 1.90 bits per heavy atom. The molecule has 1 saturated carbocycles. The summed E-state index contributed by atoms with van der Waals surface area (Å²) >= 11 is 0. The summed E-state index contributed by atoms with van der Waals surface area (Å²) in [6.07, 6.45) is 6.47. The Kier molecular flexibility index (Phi) is 4.92. The second kappa shape index (κ2) is 6.49. The van der Waals surface area contributed by atoms with Gasteiger partial charge in [-0.2, -0.15) is 0 Å². The first-order valence-electron chi connectivity index (χ1n) is 7.60. The van der Waals surface area contributed by atoms with Crippen molar-refractivity contribution in [2.75, 3.05) is 21.3 Å². The van der Waals surface area contributed by atoms with E-state index >= 15 is 0 Å². The van der Waals surface area contributed by atoms with E-state index in [0.29, 0.717) is 11.5 Å². The normalized spacial score (nSPS) is 18.8. The molecule has 3 heteroatoms. The maximum atomic E-state index is 5.60. The molecule has 1 aromatic carbocycles. The van der Waals surface area contributed by atoms with Crippen LogP contribution in [0.15, 0.2) is 18.2 Å². The molecule has 1 unspecified atom stereocenters. The fraction of sp³-hybridized carbons (Fsp3) is 0.647. The van der Waals surface area contributed by atoms with E-state index < -0.39 is 0 Å². The number of hydrogen-bond acceptors (Lipinski definition) is 3. The maximum Gasteiger partial charge on any atom is 0.127 e. The molecule has 0 saturated heterocycles. The van der Waals surface area contributed by atoms with Gasteiger partial charge in [-0.3, -0.25) is 0 Å². The number of rotatable bonds is 6. The molecule has 1 aliphatic rings. The Morgan fingerprint density at radius 3 is 2.40 bits per heavy atom. The van der Waals surface area contributed by atoms with Crippen molar-refractivity contribution in [1.29, 1.82) is 0 Å². The maximum absolute atomic E-state index is 5.60. The molecule has 20 heavy (non-hydrogen) atoms. The van der Waals surface area contributed by atoms with Crippen LogP contribution in [0.3, 0.4) is 0 Å². The first-order chi connectivity index (χ1) is 9.70. The summed E-state index contributed by atoms with van der Waals surface area (Å²) in [6.45, 7) is 2.31. The minimum Gasteiger partial charge on any atom is -0.497 e. The van der Waals surface area contributed by atoms with Crippen molar-refractivity contribution in [3.8, 4) is 11.5 Å². The highest BCUT2D eigenvalue weighted by molar-refractivity contribution is 5.43. The minimum atomic E-state index is 0.343. The molecule has 2 rings (SSSR count). The number of hydrogen-bond donors (Lipinski definition) is 1. The molecule has 3 nitrogen and oxygen atoms in total. The number of benzene rings is 1. The number of ether oxygens (including phenoxy) is 2. The largest absolute Gasteiger partial charge is 0.497 e. The second-order valence-electron chi connectivity index (χ2n) is 5.75. The lowest BCUT2D eigenvalue weighted by atomic mass is 9.73. The van der Waals surface area contributed by atoms with E-state index in [-0.39, 0.29) is 0 Å².